The summed E-state index contributed by atoms with van der Waals surface area (Å²) in [5, 5.41) is 5.99. The van der Waals surface area contributed by atoms with Gasteiger partial charge in [-0.3, -0.25) is 0 Å². The molecule has 6 atom stereocenters. The summed E-state index contributed by atoms with van der Waals surface area (Å²) in [6.07, 6.45) is 9.57. The van der Waals surface area contributed by atoms with Crippen molar-refractivity contribution in [3.63, 3.8) is 0 Å². The molecule has 4 unspecified atom stereocenters. The minimum absolute atomic E-state index is 0.118. The van der Waals surface area contributed by atoms with E-state index < -0.39 is 0 Å². The number of benzene rings is 3. The first-order chi connectivity index (χ1) is 16.2. The van der Waals surface area contributed by atoms with Crippen molar-refractivity contribution in [3.05, 3.63) is 82.2 Å². The lowest BCUT2D eigenvalue weighted by molar-refractivity contribution is 0.232. The van der Waals surface area contributed by atoms with Gasteiger partial charge < -0.3 is 0 Å². The van der Waals surface area contributed by atoms with E-state index in [1.165, 1.54) is 46.4 Å². The van der Waals surface area contributed by atoms with E-state index in [1.807, 2.05) is 5.57 Å². The highest BCUT2D eigenvalue weighted by atomic mass is 32.1. The minimum Gasteiger partial charge on any atom is -0.135 e. The van der Waals surface area contributed by atoms with Crippen molar-refractivity contribution < 1.29 is 0 Å². The molecule has 9 rings (SSSR count). The van der Waals surface area contributed by atoms with Gasteiger partial charge in [0.25, 0.3) is 0 Å². The Morgan fingerprint density at radius 1 is 0.879 bits per heavy atom. The average Bonchev–Trinajstić information content (AvgIpc) is 3.59. The van der Waals surface area contributed by atoms with Gasteiger partial charge in [-0.1, -0.05) is 67.6 Å². The average molecular weight is 445 g/mol. The third kappa shape index (κ3) is 1.81. The lowest BCUT2D eigenvalue weighted by Crippen LogP contribution is -2.48. The Balaban J connectivity index is 1.51. The SMILES string of the molecule is CC12CC=c3ccccc3=C1C1(c3ccc4c(sc5ccccc54)c32)[C@H]2CC3CC[C@H]1C3C2. The zero-order chi connectivity index (χ0) is 21.5. The second kappa shape index (κ2) is 5.63. The van der Waals surface area contributed by atoms with Crippen molar-refractivity contribution in [2.24, 2.45) is 23.7 Å². The molecule has 0 saturated heterocycles. The molecule has 5 aliphatic rings. The van der Waals surface area contributed by atoms with Crippen LogP contribution in [0.4, 0.5) is 0 Å². The van der Waals surface area contributed by atoms with E-state index in [1.54, 1.807) is 21.0 Å². The Hall–Kier alpha value is -2.38. The van der Waals surface area contributed by atoms with Gasteiger partial charge in [-0.05, 0) is 89.0 Å². The lowest BCUT2D eigenvalue weighted by atomic mass is 9.58. The van der Waals surface area contributed by atoms with E-state index in [2.05, 4.69) is 85.0 Å². The van der Waals surface area contributed by atoms with E-state index in [9.17, 15) is 0 Å². The maximum atomic E-state index is 2.62. The normalized spacial score (nSPS) is 37.1. The zero-order valence-electron chi connectivity index (χ0n) is 19.1. The molecule has 4 aromatic rings. The Morgan fingerprint density at radius 3 is 2.73 bits per heavy atom. The molecule has 1 heterocycles. The second-order valence-electron chi connectivity index (χ2n) is 11.8. The van der Waals surface area contributed by atoms with E-state index in [0.29, 0.717) is 0 Å². The third-order valence-electron chi connectivity index (χ3n) is 10.8. The number of hydrogen-bond donors (Lipinski definition) is 0. The highest BCUT2D eigenvalue weighted by molar-refractivity contribution is 7.26. The van der Waals surface area contributed by atoms with Crippen LogP contribution < -0.4 is 10.4 Å². The summed E-state index contributed by atoms with van der Waals surface area (Å²) >= 11 is 2.06. The molecule has 3 saturated carbocycles. The van der Waals surface area contributed by atoms with Crippen molar-refractivity contribution >= 4 is 43.2 Å². The highest BCUT2D eigenvalue weighted by Gasteiger charge is 2.71. The molecule has 1 heteroatoms. The van der Waals surface area contributed by atoms with Crippen LogP contribution in [-0.2, 0) is 10.8 Å². The molecule has 3 aromatic carbocycles. The van der Waals surface area contributed by atoms with Crippen LogP contribution >= 0.6 is 11.3 Å². The molecule has 33 heavy (non-hydrogen) atoms. The summed E-state index contributed by atoms with van der Waals surface area (Å²) in [5.41, 5.74) is 5.66. The first kappa shape index (κ1) is 18.0. The molecule has 5 aliphatic carbocycles. The fourth-order valence-corrected chi connectivity index (χ4v) is 11.4. The van der Waals surface area contributed by atoms with Crippen molar-refractivity contribution in [2.45, 2.75) is 49.9 Å². The molecule has 0 radical (unpaired) electrons. The summed E-state index contributed by atoms with van der Waals surface area (Å²) in [4.78, 5) is 0. The summed E-state index contributed by atoms with van der Waals surface area (Å²) in [5.74, 6) is 3.68. The van der Waals surface area contributed by atoms with Gasteiger partial charge in [-0.2, -0.15) is 0 Å². The Labute approximate surface area is 198 Å². The molecular formula is C32H28S. The van der Waals surface area contributed by atoms with Crippen LogP contribution in [0.15, 0.2) is 60.7 Å². The van der Waals surface area contributed by atoms with Crippen molar-refractivity contribution in [1.82, 2.24) is 0 Å². The number of thiophene rings is 1. The quantitative estimate of drug-likeness (QED) is 0.284. The Morgan fingerprint density at radius 2 is 1.76 bits per heavy atom. The topological polar surface area (TPSA) is 0 Å². The van der Waals surface area contributed by atoms with Crippen molar-refractivity contribution in [3.8, 4) is 0 Å². The fourth-order valence-electron chi connectivity index (χ4n) is 9.98. The van der Waals surface area contributed by atoms with Gasteiger partial charge in [0.15, 0.2) is 0 Å². The third-order valence-corrected chi connectivity index (χ3v) is 12.0. The molecule has 162 valence electrons. The van der Waals surface area contributed by atoms with Crippen LogP contribution in [0.2, 0.25) is 0 Å². The molecule has 0 nitrogen and oxygen atoms in total. The molecule has 0 N–H and O–H groups in total. The van der Waals surface area contributed by atoms with E-state index >= 15 is 0 Å². The molecule has 0 aliphatic heterocycles. The second-order valence-corrected chi connectivity index (χ2v) is 12.9. The summed E-state index contributed by atoms with van der Waals surface area (Å²) in [6.45, 7) is 2.62. The van der Waals surface area contributed by atoms with Crippen LogP contribution in [0, 0.1) is 23.7 Å². The first-order valence-corrected chi connectivity index (χ1v) is 13.8. The van der Waals surface area contributed by atoms with Gasteiger partial charge in [-0.25, -0.2) is 0 Å². The van der Waals surface area contributed by atoms with Gasteiger partial charge in [0, 0.05) is 31.0 Å². The fraction of sp³-hybridized carbons (Fsp3) is 0.375. The number of hydrogen-bond acceptors (Lipinski definition) is 1. The largest absolute Gasteiger partial charge is 0.135 e. The maximum absolute atomic E-state index is 2.62. The van der Waals surface area contributed by atoms with E-state index in [4.69, 9.17) is 0 Å². The molecular weight excluding hydrogens is 416 g/mol. The van der Waals surface area contributed by atoms with Gasteiger partial charge in [0.1, 0.15) is 0 Å². The predicted octanol–water partition coefficient (Wildman–Crippen LogP) is 6.66. The minimum atomic E-state index is 0.118. The molecule has 3 fully saturated rings. The van der Waals surface area contributed by atoms with E-state index in [0.717, 1.165) is 30.1 Å². The van der Waals surface area contributed by atoms with Gasteiger partial charge >= 0.3 is 0 Å². The Bertz CT molecular complexity index is 1650. The van der Waals surface area contributed by atoms with Gasteiger partial charge in [0.05, 0.1) is 0 Å². The van der Waals surface area contributed by atoms with Crippen LogP contribution in [-0.4, -0.2) is 0 Å². The summed E-state index contributed by atoms with van der Waals surface area (Å²) in [6, 6.07) is 23.6. The molecule has 2 bridgehead atoms. The molecule has 0 amide bonds. The molecule has 1 spiro atoms. The summed E-state index contributed by atoms with van der Waals surface area (Å²) in [7, 11) is 0. The lowest BCUT2D eigenvalue weighted by Gasteiger charge is -2.45. The van der Waals surface area contributed by atoms with Crippen LogP contribution in [0.1, 0.15) is 50.2 Å². The monoisotopic (exact) mass is 444 g/mol. The van der Waals surface area contributed by atoms with Crippen LogP contribution in [0.25, 0.3) is 31.8 Å². The van der Waals surface area contributed by atoms with Crippen molar-refractivity contribution in [2.75, 3.05) is 0 Å². The van der Waals surface area contributed by atoms with E-state index in [-0.39, 0.29) is 10.8 Å². The first-order valence-electron chi connectivity index (χ1n) is 13.0. The highest BCUT2D eigenvalue weighted by Crippen LogP contribution is 2.76. The standard InChI is InChI=1S/C32H28S/c1-31-15-14-18-6-2-3-7-21(18)30(31)32(20-16-19-10-12-25(32)24(19)17-20)26-13-11-23-22-8-4-5-9-27(22)33-29(23)28(26)31/h2-9,11,13-14,19-20,24-25H,10,12,15-17H2,1H3/t19?,20-,24?,25-,31?,32?/m0/s1. The maximum Gasteiger partial charge on any atom is 0.0399 e. The van der Waals surface area contributed by atoms with Crippen LogP contribution in [0.5, 0.6) is 0 Å². The predicted molar refractivity (Wildman–Crippen MR) is 139 cm³/mol. The van der Waals surface area contributed by atoms with Gasteiger partial charge in [-0.15, -0.1) is 11.3 Å². The summed E-state index contributed by atoms with van der Waals surface area (Å²) < 4.78 is 3.02. The van der Waals surface area contributed by atoms with Crippen LogP contribution in [0.3, 0.4) is 0 Å². The molecule has 1 aromatic heterocycles. The van der Waals surface area contributed by atoms with Gasteiger partial charge in [0.2, 0.25) is 0 Å². The number of fused-ring (bicyclic) bond motifs is 13. The Kier molecular flexibility index (Phi) is 3.08. The smallest absolute Gasteiger partial charge is 0.0399 e. The number of rotatable bonds is 0. The van der Waals surface area contributed by atoms with Crippen molar-refractivity contribution in [1.29, 1.82) is 0 Å². The zero-order valence-corrected chi connectivity index (χ0v) is 19.9.